The molecule has 0 unspecified atom stereocenters. The Hall–Kier alpha value is -11.9. The van der Waals surface area contributed by atoms with Crippen molar-refractivity contribution in [2.45, 2.75) is 82.1 Å². The van der Waals surface area contributed by atoms with Crippen molar-refractivity contribution in [3.8, 4) is 6.07 Å². The van der Waals surface area contributed by atoms with Crippen LogP contribution < -0.4 is 30.7 Å². The summed E-state index contributed by atoms with van der Waals surface area (Å²) in [5.74, 6) is 3.06. The number of aromatic nitrogens is 16. The Balaban J connectivity index is 0.000000163. The summed E-state index contributed by atoms with van der Waals surface area (Å²) in [5, 5.41) is 19.2. The van der Waals surface area contributed by atoms with Crippen molar-refractivity contribution in [1.29, 1.82) is 5.26 Å². The van der Waals surface area contributed by atoms with Crippen molar-refractivity contribution in [3.63, 3.8) is 0 Å². The molecule has 0 saturated carbocycles. The topological polar surface area (TPSA) is 330 Å². The van der Waals surface area contributed by atoms with Crippen LogP contribution in [0.25, 0.3) is 94.6 Å². The summed E-state index contributed by atoms with van der Waals surface area (Å²) in [4.78, 5) is 112. The lowest BCUT2D eigenvalue weighted by molar-refractivity contribution is 0.0527. The number of esters is 1. The molecule has 5 saturated heterocycles. The molecule has 16 heterocycles. The van der Waals surface area contributed by atoms with Gasteiger partial charge in [0.15, 0.2) is 45.3 Å². The van der Waals surface area contributed by atoms with Crippen molar-refractivity contribution in [2.24, 2.45) is 0 Å². The SMILES string of the molecule is C.C.C.C.CCOC(=O)c1cc2ncc(N3CCCN(C)CC3)nc2n2c1nc1ccccc12.CCc1nc2ccccc2[nH]1.CN1CCCN(c2cnc3cc(C#N)c4nc5ccccc5n4c3n2)CC1.CN1CCCNCC1.CN1CCCNCC1.CNC(=O)c1cc2ncc(N3CCCN(C)CC3)nc2n2c1nc1ccccc12.O=Cc1ncc(Cl)nc1Cl. The summed E-state index contributed by atoms with van der Waals surface area (Å²) in [6.45, 7) is 25.7. The number of ether oxygens (including phenoxy) is 1. The third-order valence-electron chi connectivity index (χ3n) is 22.1. The van der Waals surface area contributed by atoms with Gasteiger partial charge in [0.2, 0.25) is 0 Å². The van der Waals surface area contributed by atoms with Crippen LogP contribution in [0.4, 0.5) is 17.5 Å². The maximum Gasteiger partial charge on any atom is 0.342 e. The van der Waals surface area contributed by atoms with Gasteiger partial charge in [0.05, 0.1) is 86.7 Å². The molecule has 5 aliphatic rings. The van der Waals surface area contributed by atoms with E-state index < -0.39 is 5.97 Å². The fraction of sp³-hybridized carbons (Fsp3) is 0.419. The maximum absolute atomic E-state index is 12.6. The average molecular weight is 1770 g/mol. The minimum atomic E-state index is -0.402. The number of anilines is 3. The smallest absolute Gasteiger partial charge is 0.342 e. The highest BCUT2D eigenvalue weighted by Crippen LogP contribution is 2.31. The maximum atomic E-state index is 12.6. The minimum absolute atomic E-state index is 0. The van der Waals surface area contributed by atoms with E-state index in [-0.39, 0.29) is 51.6 Å². The lowest BCUT2D eigenvalue weighted by Gasteiger charge is -2.21. The van der Waals surface area contributed by atoms with Gasteiger partial charge in [0.1, 0.15) is 62.3 Å². The van der Waals surface area contributed by atoms with Crippen LogP contribution in [0.5, 0.6) is 0 Å². The molecule has 20 rings (SSSR count). The zero-order valence-corrected chi connectivity index (χ0v) is 72.6. The van der Waals surface area contributed by atoms with Gasteiger partial charge in [-0.1, -0.05) is 108 Å². The van der Waals surface area contributed by atoms with Gasteiger partial charge < -0.3 is 64.9 Å². The molecule has 11 aromatic heterocycles. The number of aromatic amines is 1. The fourth-order valence-corrected chi connectivity index (χ4v) is 15.8. The number of aldehydes is 1. The molecule has 0 atom stereocenters. The summed E-state index contributed by atoms with van der Waals surface area (Å²) >= 11 is 10.8. The highest BCUT2D eigenvalue weighted by Gasteiger charge is 2.26. The second-order valence-electron chi connectivity index (χ2n) is 31.0. The average Bonchev–Trinajstić information content (AvgIpc) is 1.62. The number of nitriles is 1. The first kappa shape index (κ1) is 97.3. The van der Waals surface area contributed by atoms with Crippen molar-refractivity contribution >= 4 is 153 Å². The number of pyridine rings is 3. The molecular formula is C93H122Cl2N28O4. The number of hydrogen-bond donors (Lipinski definition) is 4. The molecule has 0 spiro atoms. The lowest BCUT2D eigenvalue weighted by Crippen LogP contribution is -2.29. The Kier molecular flexibility index (Phi) is 35.7. The van der Waals surface area contributed by atoms with Crippen molar-refractivity contribution in [3.05, 3.63) is 179 Å². The quantitative estimate of drug-likeness (QED) is 0.0811. The Morgan fingerprint density at radius 2 is 0.858 bits per heavy atom. The molecular weight excluding hydrogens is 1640 g/mol. The van der Waals surface area contributed by atoms with Crippen LogP contribution in [0, 0.1) is 11.3 Å². The number of carbonyl (C=O) groups is 3. The van der Waals surface area contributed by atoms with E-state index in [0.717, 1.165) is 196 Å². The van der Waals surface area contributed by atoms with Crippen molar-refractivity contribution in [1.82, 2.24) is 118 Å². The molecule has 5 fully saturated rings. The second-order valence-corrected chi connectivity index (χ2v) is 31.7. The predicted octanol–water partition coefficient (Wildman–Crippen LogP) is 13.2. The highest BCUT2D eigenvalue weighted by molar-refractivity contribution is 6.33. The summed E-state index contributed by atoms with van der Waals surface area (Å²) in [6.07, 6.45) is 14.1. The zero-order chi connectivity index (χ0) is 85.9. The predicted molar refractivity (Wildman–Crippen MR) is 514 cm³/mol. The summed E-state index contributed by atoms with van der Waals surface area (Å²) in [5.41, 5.74) is 14.9. The Morgan fingerprint density at radius 1 is 0.449 bits per heavy atom. The number of nitrogens with zero attached hydrogens (tertiary/aromatic N) is 24. The van der Waals surface area contributed by atoms with Gasteiger partial charge in [-0.2, -0.15) is 5.26 Å². The van der Waals surface area contributed by atoms with Crippen LogP contribution in [0.2, 0.25) is 10.3 Å². The number of aryl methyl sites for hydroxylation is 1. The minimum Gasteiger partial charge on any atom is -0.462 e. The van der Waals surface area contributed by atoms with E-state index in [1.54, 1.807) is 38.4 Å². The van der Waals surface area contributed by atoms with Gasteiger partial charge in [-0.3, -0.25) is 22.8 Å². The van der Waals surface area contributed by atoms with Gasteiger partial charge >= 0.3 is 5.97 Å². The van der Waals surface area contributed by atoms with E-state index in [1.165, 1.54) is 58.3 Å². The van der Waals surface area contributed by atoms with Crippen molar-refractivity contribution < 1.29 is 19.1 Å². The number of carbonyl (C=O) groups excluding carboxylic acids is 3. The van der Waals surface area contributed by atoms with Crippen LogP contribution in [0.1, 0.15) is 118 Å². The van der Waals surface area contributed by atoms with Crippen molar-refractivity contribution in [2.75, 3.05) is 194 Å². The Labute approximate surface area is 753 Å². The molecule has 1 amide bonds. The van der Waals surface area contributed by atoms with Gasteiger partial charge in [-0.25, -0.2) is 64.6 Å². The molecule has 4 N–H and O–H groups in total. The number of likely N-dealkylation sites (N-methyl/N-ethyl adjacent to an activating group) is 5. The number of fused-ring (bicyclic) bond motifs is 16. The molecule has 672 valence electrons. The summed E-state index contributed by atoms with van der Waals surface area (Å²) in [6, 6.07) is 39.2. The third-order valence-corrected chi connectivity index (χ3v) is 22.6. The van der Waals surface area contributed by atoms with Gasteiger partial charge in [-0.05, 0) is 187 Å². The third kappa shape index (κ3) is 23.7. The fourth-order valence-electron chi connectivity index (χ4n) is 15.4. The standard InChI is InChI=1S/C22H24N6O2.C21H23N7O.C20H19N7.C9H10N2.2C6H14N2.C5H2Cl2N2O.4CH4/c1-3-30-22(29)15-13-17-21(28-18-8-5-4-7-16(18)24-20(15)28)25-19(14-23-17)27-10-6-9-26(2)11-12-27;1-22-21(29)14-12-16-20(28-17-7-4-3-6-15(17)24-19(14)28)25-18(13-23-16)27-9-5-8-26(2)10-11-27;1-25-7-4-8-26(10-9-25)18-13-22-16-11-14(12-21)19-23-15-5-2-3-6-17(15)27(19)20(16)24-18;1-2-9-10-7-5-3-4-6-8(7)11-9;2*1-8-5-2-3-7-4-6-8;6-4-1-8-3(2-10)5(7)9-4;;;;/h4-5,7-8,13-14H,3,6,9-12H2,1-2H3;3-4,6-7,12-13H,5,8-11H2,1-2H3,(H,22,29);2-3,5-6,11,13H,4,7-10H2,1H3;3-6H,2H2,1H3,(H,10,11);2*7H,2-6H2,1H3;1-2H;4*1H4. The van der Waals surface area contributed by atoms with E-state index in [2.05, 4.69) is 143 Å². The zero-order valence-electron chi connectivity index (χ0n) is 71.1. The number of benzene rings is 4. The summed E-state index contributed by atoms with van der Waals surface area (Å²) in [7, 11) is 12.4. The molecule has 15 aromatic rings. The normalized spacial score (nSPS) is 15.6. The molecule has 5 aliphatic heterocycles. The van der Waals surface area contributed by atoms with Crippen LogP contribution in [-0.2, 0) is 11.2 Å². The number of imidazole rings is 4. The molecule has 127 heavy (non-hydrogen) atoms. The van der Waals surface area contributed by atoms with E-state index in [0.29, 0.717) is 68.7 Å². The Morgan fingerprint density at radius 3 is 1.29 bits per heavy atom. The molecule has 0 bridgehead atoms. The van der Waals surface area contributed by atoms with E-state index in [9.17, 15) is 19.6 Å². The lowest BCUT2D eigenvalue weighted by atomic mass is 10.2. The van der Waals surface area contributed by atoms with Crippen LogP contribution >= 0.6 is 23.2 Å². The second kappa shape index (κ2) is 46.5. The number of nitrogens with one attached hydrogen (secondary N) is 4. The molecule has 0 aliphatic carbocycles. The summed E-state index contributed by atoms with van der Waals surface area (Å²) < 4.78 is 11.1. The van der Waals surface area contributed by atoms with Crippen LogP contribution in [-0.4, -0.2) is 300 Å². The largest absolute Gasteiger partial charge is 0.462 e. The first-order chi connectivity index (χ1) is 60.0. The number of hydrogen-bond acceptors (Lipinski definition) is 27. The Bertz CT molecular complexity index is 6170. The van der Waals surface area contributed by atoms with Gasteiger partial charge in [-0.15, -0.1) is 0 Å². The van der Waals surface area contributed by atoms with E-state index in [1.807, 2.05) is 123 Å². The molecule has 4 aromatic carbocycles. The van der Waals surface area contributed by atoms with Crippen LogP contribution in [0.3, 0.4) is 0 Å². The number of halogens is 2. The first-order valence-corrected chi connectivity index (χ1v) is 42.9. The molecule has 32 nitrogen and oxygen atoms in total. The number of para-hydroxylation sites is 8. The number of H-pyrrole nitrogens is 1. The first-order valence-electron chi connectivity index (χ1n) is 42.1. The number of amides is 1. The van der Waals surface area contributed by atoms with Gasteiger partial charge in [0, 0.05) is 98.6 Å². The van der Waals surface area contributed by atoms with Gasteiger partial charge in [0.25, 0.3) is 5.91 Å². The molecule has 0 radical (unpaired) electrons. The monoisotopic (exact) mass is 1760 g/mol. The van der Waals surface area contributed by atoms with E-state index >= 15 is 0 Å². The van der Waals surface area contributed by atoms with E-state index in [4.69, 9.17) is 52.9 Å². The highest BCUT2D eigenvalue weighted by atomic mass is 35.5. The number of rotatable bonds is 8. The van der Waals surface area contributed by atoms with Crippen LogP contribution in [0.15, 0.2) is 140 Å². The molecule has 34 heteroatoms.